The number of imidazole rings is 1. The summed E-state index contributed by atoms with van der Waals surface area (Å²) in [5.74, 6) is 1.55. The van der Waals surface area contributed by atoms with E-state index in [-0.39, 0.29) is 0 Å². The molecule has 1 N–H and O–H groups in total. The van der Waals surface area contributed by atoms with Gasteiger partial charge in [0, 0.05) is 18.4 Å². The Hall–Kier alpha value is -0.830. The maximum Gasteiger partial charge on any atom is 0.0948 e. The van der Waals surface area contributed by atoms with Crippen LogP contribution in [0.1, 0.15) is 32.4 Å². The van der Waals surface area contributed by atoms with Crippen LogP contribution < -0.4 is 5.32 Å². The minimum atomic E-state index is 0.712. The van der Waals surface area contributed by atoms with Gasteiger partial charge in [0.05, 0.1) is 6.33 Å². The van der Waals surface area contributed by atoms with E-state index >= 15 is 0 Å². The number of rotatable bonds is 4. The standard InChI is InChI=1S/C13H23N3/c1-11(2)7-13-8-15-10-16(13)9-12-3-5-14-6-4-12/h8,10-12,14H,3-7,9H2,1-2H3. The van der Waals surface area contributed by atoms with Crippen LogP contribution in [0.5, 0.6) is 0 Å². The molecular weight excluding hydrogens is 198 g/mol. The van der Waals surface area contributed by atoms with Crippen LogP contribution in [-0.2, 0) is 13.0 Å². The van der Waals surface area contributed by atoms with E-state index in [0.29, 0.717) is 5.92 Å². The van der Waals surface area contributed by atoms with Gasteiger partial charge in [-0.25, -0.2) is 4.98 Å². The highest BCUT2D eigenvalue weighted by Gasteiger charge is 2.15. The van der Waals surface area contributed by atoms with Crippen molar-refractivity contribution in [1.82, 2.24) is 14.9 Å². The lowest BCUT2D eigenvalue weighted by atomic mass is 9.98. The predicted molar refractivity (Wildman–Crippen MR) is 66.4 cm³/mol. The van der Waals surface area contributed by atoms with E-state index in [1.54, 1.807) is 0 Å². The second kappa shape index (κ2) is 5.48. The van der Waals surface area contributed by atoms with Gasteiger partial charge in [-0.05, 0) is 44.2 Å². The molecule has 16 heavy (non-hydrogen) atoms. The summed E-state index contributed by atoms with van der Waals surface area (Å²) in [5, 5.41) is 3.42. The van der Waals surface area contributed by atoms with Gasteiger partial charge in [0.25, 0.3) is 0 Å². The Balaban J connectivity index is 1.94. The first-order valence-electron chi connectivity index (χ1n) is 6.45. The zero-order valence-corrected chi connectivity index (χ0v) is 10.4. The molecule has 3 heteroatoms. The fraction of sp³-hybridized carbons (Fsp3) is 0.769. The Bertz CT molecular complexity index is 311. The maximum atomic E-state index is 4.29. The normalized spacial score (nSPS) is 18.2. The largest absolute Gasteiger partial charge is 0.334 e. The van der Waals surface area contributed by atoms with E-state index in [4.69, 9.17) is 0 Å². The van der Waals surface area contributed by atoms with Crippen LogP contribution in [0.3, 0.4) is 0 Å². The second-order valence-corrected chi connectivity index (χ2v) is 5.33. The van der Waals surface area contributed by atoms with Gasteiger partial charge in [-0.1, -0.05) is 13.8 Å². The van der Waals surface area contributed by atoms with Crippen molar-refractivity contribution >= 4 is 0 Å². The first kappa shape index (κ1) is 11.6. The molecule has 2 rings (SSSR count). The molecule has 0 aromatic carbocycles. The van der Waals surface area contributed by atoms with Crippen molar-refractivity contribution in [2.24, 2.45) is 11.8 Å². The van der Waals surface area contributed by atoms with Gasteiger partial charge < -0.3 is 9.88 Å². The molecule has 0 saturated carbocycles. The fourth-order valence-corrected chi connectivity index (χ4v) is 2.44. The molecule has 90 valence electrons. The van der Waals surface area contributed by atoms with E-state index in [1.807, 2.05) is 12.5 Å². The third-order valence-corrected chi connectivity index (χ3v) is 3.33. The summed E-state index contributed by atoms with van der Waals surface area (Å²) in [4.78, 5) is 4.29. The number of hydrogen-bond donors (Lipinski definition) is 1. The van der Waals surface area contributed by atoms with Gasteiger partial charge >= 0.3 is 0 Å². The Kier molecular flexibility index (Phi) is 3.99. The lowest BCUT2D eigenvalue weighted by Gasteiger charge is -2.23. The molecule has 0 unspecified atom stereocenters. The summed E-state index contributed by atoms with van der Waals surface area (Å²) in [6.45, 7) is 8.05. The molecule has 1 aliphatic heterocycles. The highest BCUT2D eigenvalue weighted by Crippen LogP contribution is 2.16. The number of nitrogens with one attached hydrogen (secondary N) is 1. The van der Waals surface area contributed by atoms with Gasteiger partial charge in [0.15, 0.2) is 0 Å². The van der Waals surface area contributed by atoms with E-state index in [9.17, 15) is 0 Å². The average Bonchev–Trinajstić information content (AvgIpc) is 2.66. The van der Waals surface area contributed by atoms with E-state index in [1.165, 1.54) is 31.6 Å². The molecule has 1 aromatic rings. The van der Waals surface area contributed by atoms with Crippen LogP contribution in [0.15, 0.2) is 12.5 Å². The number of nitrogens with zero attached hydrogens (tertiary/aromatic N) is 2. The smallest absolute Gasteiger partial charge is 0.0948 e. The van der Waals surface area contributed by atoms with E-state index in [2.05, 4.69) is 28.7 Å². The number of hydrogen-bond acceptors (Lipinski definition) is 2. The van der Waals surface area contributed by atoms with Crippen LogP contribution in [0.2, 0.25) is 0 Å². The molecular formula is C13H23N3. The zero-order valence-electron chi connectivity index (χ0n) is 10.4. The van der Waals surface area contributed by atoms with Crippen molar-refractivity contribution in [2.75, 3.05) is 13.1 Å². The van der Waals surface area contributed by atoms with Crippen molar-refractivity contribution in [3.05, 3.63) is 18.2 Å². The van der Waals surface area contributed by atoms with Crippen molar-refractivity contribution < 1.29 is 0 Å². The van der Waals surface area contributed by atoms with Crippen molar-refractivity contribution in [3.63, 3.8) is 0 Å². The minimum Gasteiger partial charge on any atom is -0.334 e. The van der Waals surface area contributed by atoms with Crippen LogP contribution in [0, 0.1) is 11.8 Å². The second-order valence-electron chi connectivity index (χ2n) is 5.33. The van der Waals surface area contributed by atoms with E-state index < -0.39 is 0 Å². The summed E-state index contributed by atoms with van der Waals surface area (Å²) < 4.78 is 2.36. The molecule has 0 radical (unpaired) electrons. The quantitative estimate of drug-likeness (QED) is 0.843. The lowest BCUT2D eigenvalue weighted by Crippen LogP contribution is -2.30. The molecule has 0 amide bonds. The summed E-state index contributed by atoms with van der Waals surface area (Å²) >= 11 is 0. The molecule has 1 aliphatic rings. The Morgan fingerprint density at radius 3 is 2.88 bits per heavy atom. The highest BCUT2D eigenvalue weighted by molar-refractivity contribution is 4.99. The molecule has 2 heterocycles. The summed E-state index contributed by atoms with van der Waals surface area (Å²) in [7, 11) is 0. The van der Waals surface area contributed by atoms with Crippen molar-refractivity contribution in [3.8, 4) is 0 Å². The van der Waals surface area contributed by atoms with Crippen LogP contribution >= 0.6 is 0 Å². The predicted octanol–water partition coefficient (Wildman–Crippen LogP) is 2.08. The molecule has 1 aromatic heterocycles. The molecule has 0 bridgehead atoms. The van der Waals surface area contributed by atoms with Gasteiger partial charge in [-0.15, -0.1) is 0 Å². The molecule has 0 spiro atoms. The average molecular weight is 221 g/mol. The van der Waals surface area contributed by atoms with Gasteiger partial charge in [0.2, 0.25) is 0 Å². The maximum absolute atomic E-state index is 4.29. The third kappa shape index (κ3) is 3.08. The van der Waals surface area contributed by atoms with Gasteiger partial charge in [0.1, 0.15) is 0 Å². The number of aromatic nitrogens is 2. The summed E-state index contributed by atoms with van der Waals surface area (Å²) in [6, 6.07) is 0. The van der Waals surface area contributed by atoms with E-state index in [0.717, 1.165) is 18.9 Å². The van der Waals surface area contributed by atoms with Crippen molar-refractivity contribution in [2.45, 2.75) is 39.7 Å². The SMILES string of the molecule is CC(C)Cc1cncn1CC1CCNCC1. The molecule has 0 aliphatic carbocycles. The van der Waals surface area contributed by atoms with Gasteiger partial charge in [-0.2, -0.15) is 0 Å². The lowest BCUT2D eigenvalue weighted by molar-refractivity contribution is 0.329. The Labute approximate surface area is 98.3 Å². The summed E-state index contributed by atoms with van der Waals surface area (Å²) in [5.41, 5.74) is 1.40. The van der Waals surface area contributed by atoms with Gasteiger partial charge in [-0.3, -0.25) is 0 Å². The third-order valence-electron chi connectivity index (χ3n) is 3.33. The summed E-state index contributed by atoms with van der Waals surface area (Å²) in [6.07, 6.45) is 7.78. The Morgan fingerprint density at radius 2 is 2.19 bits per heavy atom. The number of piperidine rings is 1. The van der Waals surface area contributed by atoms with Crippen LogP contribution in [-0.4, -0.2) is 22.6 Å². The topological polar surface area (TPSA) is 29.9 Å². The monoisotopic (exact) mass is 221 g/mol. The fourth-order valence-electron chi connectivity index (χ4n) is 2.44. The Morgan fingerprint density at radius 1 is 1.44 bits per heavy atom. The first-order chi connectivity index (χ1) is 7.75. The highest BCUT2D eigenvalue weighted by atomic mass is 15.0. The van der Waals surface area contributed by atoms with Crippen LogP contribution in [0.25, 0.3) is 0 Å². The molecule has 1 fully saturated rings. The molecule has 3 nitrogen and oxygen atoms in total. The van der Waals surface area contributed by atoms with Crippen molar-refractivity contribution in [1.29, 1.82) is 0 Å². The first-order valence-corrected chi connectivity index (χ1v) is 6.45. The van der Waals surface area contributed by atoms with Crippen LogP contribution in [0.4, 0.5) is 0 Å². The zero-order chi connectivity index (χ0) is 11.4. The molecule has 0 atom stereocenters. The minimum absolute atomic E-state index is 0.712. The molecule has 1 saturated heterocycles.